The predicted octanol–water partition coefficient (Wildman–Crippen LogP) is 3.47. The quantitative estimate of drug-likeness (QED) is 0.922. The molecule has 0 aliphatic carbocycles. The Bertz CT molecular complexity index is 507. The normalized spacial score (nSPS) is 10.1. The van der Waals surface area contributed by atoms with Crippen LogP contribution in [0.1, 0.15) is 15.5 Å². The first kappa shape index (κ1) is 11.3. The second-order valence-electron chi connectivity index (χ2n) is 3.26. The van der Waals surface area contributed by atoms with Gasteiger partial charge in [-0.1, -0.05) is 15.9 Å². The highest BCUT2D eigenvalue weighted by Crippen LogP contribution is 2.16. The maximum Gasteiger partial charge on any atom is 0.284 e. The molecule has 82 valence electrons. The van der Waals surface area contributed by atoms with E-state index in [1.807, 2.05) is 36.6 Å². The molecule has 0 atom stereocenters. The van der Waals surface area contributed by atoms with Gasteiger partial charge in [0.15, 0.2) is 5.01 Å². The van der Waals surface area contributed by atoms with Crippen molar-refractivity contribution in [1.29, 1.82) is 0 Å². The molecule has 5 heteroatoms. The minimum absolute atomic E-state index is 0.166. The first-order valence-corrected chi connectivity index (χ1v) is 6.31. The van der Waals surface area contributed by atoms with Crippen LogP contribution in [0.2, 0.25) is 0 Å². The van der Waals surface area contributed by atoms with E-state index in [2.05, 4.69) is 26.2 Å². The molecule has 0 fully saturated rings. The van der Waals surface area contributed by atoms with Crippen LogP contribution in [0.15, 0.2) is 34.1 Å². The van der Waals surface area contributed by atoms with Crippen LogP contribution in [0, 0.1) is 6.92 Å². The Morgan fingerprint density at radius 3 is 2.62 bits per heavy atom. The number of thiazole rings is 1. The molecule has 0 unspecified atom stereocenters. The third-order valence-corrected chi connectivity index (χ3v) is 3.40. The number of rotatable bonds is 2. The van der Waals surface area contributed by atoms with Crippen LogP contribution >= 0.6 is 27.3 Å². The van der Waals surface area contributed by atoms with E-state index in [1.54, 1.807) is 0 Å². The zero-order valence-electron chi connectivity index (χ0n) is 8.53. The fraction of sp³-hybridized carbons (Fsp3) is 0.0909. The highest BCUT2D eigenvalue weighted by molar-refractivity contribution is 9.10. The van der Waals surface area contributed by atoms with Gasteiger partial charge in [0.1, 0.15) is 0 Å². The van der Waals surface area contributed by atoms with Crippen LogP contribution in [-0.2, 0) is 0 Å². The topological polar surface area (TPSA) is 42.0 Å². The van der Waals surface area contributed by atoms with Crippen molar-refractivity contribution >= 4 is 38.9 Å². The molecule has 0 aliphatic heterocycles. The summed E-state index contributed by atoms with van der Waals surface area (Å²) >= 11 is 4.68. The molecule has 1 amide bonds. The Balaban J connectivity index is 2.10. The molecular formula is C11H9BrN2OS. The number of benzene rings is 1. The van der Waals surface area contributed by atoms with E-state index in [0.29, 0.717) is 5.01 Å². The van der Waals surface area contributed by atoms with Gasteiger partial charge in [-0.05, 0) is 31.2 Å². The van der Waals surface area contributed by atoms with E-state index >= 15 is 0 Å². The summed E-state index contributed by atoms with van der Waals surface area (Å²) in [5.74, 6) is -0.166. The summed E-state index contributed by atoms with van der Waals surface area (Å²) in [7, 11) is 0. The van der Waals surface area contributed by atoms with Gasteiger partial charge >= 0.3 is 0 Å². The summed E-state index contributed by atoms with van der Waals surface area (Å²) in [5.41, 5.74) is 1.63. The molecule has 3 nitrogen and oxygen atoms in total. The standard InChI is InChI=1S/C11H9BrN2OS/c1-7-6-16-11(13-7)10(15)14-9-4-2-8(12)3-5-9/h2-6H,1H3,(H,14,15). The van der Waals surface area contributed by atoms with Crippen molar-refractivity contribution in [2.45, 2.75) is 6.92 Å². The second-order valence-corrected chi connectivity index (χ2v) is 5.03. The Labute approximate surface area is 106 Å². The van der Waals surface area contributed by atoms with E-state index in [0.717, 1.165) is 15.9 Å². The first-order chi connectivity index (χ1) is 7.65. The molecule has 2 aromatic rings. The van der Waals surface area contributed by atoms with Crippen molar-refractivity contribution in [2.75, 3.05) is 5.32 Å². The molecule has 0 bridgehead atoms. The molecule has 1 N–H and O–H groups in total. The van der Waals surface area contributed by atoms with Crippen molar-refractivity contribution in [1.82, 2.24) is 4.98 Å². The van der Waals surface area contributed by atoms with Crippen LogP contribution in [0.4, 0.5) is 5.69 Å². The van der Waals surface area contributed by atoms with Crippen molar-refractivity contribution in [3.05, 3.63) is 44.8 Å². The average Bonchev–Trinajstić information content (AvgIpc) is 2.68. The Morgan fingerprint density at radius 1 is 1.38 bits per heavy atom. The number of hydrogen-bond acceptors (Lipinski definition) is 3. The molecule has 0 spiro atoms. The Morgan fingerprint density at radius 2 is 2.06 bits per heavy atom. The third kappa shape index (κ3) is 2.68. The molecule has 0 aliphatic rings. The highest BCUT2D eigenvalue weighted by Gasteiger charge is 2.09. The highest BCUT2D eigenvalue weighted by atomic mass is 79.9. The van der Waals surface area contributed by atoms with Crippen LogP contribution in [0.25, 0.3) is 0 Å². The summed E-state index contributed by atoms with van der Waals surface area (Å²) in [5, 5.41) is 5.13. The van der Waals surface area contributed by atoms with Gasteiger partial charge in [-0.15, -0.1) is 11.3 Å². The van der Waals surface area contributed by atoms with Gasteiger partial charge in [-0.2, -0.15) is 0 Å². The fourth-order valence-corrected chi connectivity index (χ4v) is 2.13. The van der Waals surface area contributed by atoms with Gasteiger partial charge < -0.3 is 5.32 Å². The minimum Gasteiger partial charge on any atom is -0.320 e. The minimum atomic E-state index is -0.166. The molecule has 0 saturated carbocycles. The monoisotopic (exact) mass is 296 g/mol. The molecule has 1 heterocycles. The summed E-state index contributed by atoms with van der Waals surface area (Å²) in [6.07, 6.45) is 0. The van der Waals surface area contributed by atoms with Crippen molar-refractivity contribution in [2.24, 2.45) is 0 Å². The van der Waals surface area contributed by atoms with Gasteiger partial charge in [-0.25, -0.2) is 4.98 Å². The van der Waals surface area contributed by atoms with Crippen molar-refractivity contribution in [3.63, 3.8) is 0 Å². The van der Waals surface area contributed by atoms with E-state index in [4.69, 9.17) is 0 Å². The number of nitrogens with one attached hydrogen (secondary N) is 1. The van der Waals surface area contributed by atoms with E-state index in [1.165, 1.54) is 11.3 Å². The molecule has 2 rings (SSSR count). The average molecular weight is 297 g/mol. The SMILES string of the molecule is Cc1csc(C(=O)Nc2ccc(Br)cc2)n1. The van der Waals surface area contributed by atoms with E-state index < -0.39 is 0 Å². The Kier molecular flexibility index (Phi) is 3.36. The third-order valence-electron chi connectivity index (χ3n) is 1.92. The van der Waals surface area contributed by atoms with Crippen molar-refractivity contribution in [3.8, 4) is 0 Å². The summed E-state index contributed by atoms with van der Waals surface area (Å²) in [6.45, 7) is 1.87. The molecular weight excluding hydrogens is 288 g/mol. The number of aryl methyl sites for hydroxylation is 1. The van der Waals surface area contributed by atoms with Crippen molar-refractivity contribution < 1.29 is 4.79 Å². The van der Waals surface area contributed by atoms with E-state index in [9.17, 15) is 4.79 Å². The maximum atomic E-state index is 11.7. The van der Waals surface area contributed by atoms with E-state index in [-0.39, 0.29) is 5.91 Å². The summed E-state index contributed by atoms with van der Waals surface area (Å²) < 4.78 is 0.982. The fourth-order valence-electron chi connectivity index (χ4n) is 1.18. The smallest absolute Gasteiger partial charge is 0.284 e. The van der Waals surface area contributed by atoms with Gasteiger partial charge in [0.25, 0.3) is 5.91 Å². The number of halogens is 1. The number of amides is 1. The molecule has 1 aromatic heterocycles. The molecule has 16 heavy (non-hydrogen) atoms. The molecule has 0 radical (unpaired) electrons. The van der Waals surface area contributed by atoms with Crippen LogP contribution in [-0.4, -0.2) is 10.9 Å². The molecule has 0 saturated heterocycles. The second kappa shape index (κ2) is 4.76. The number of carbonyl (C=O) groups excluding carboxylic acids is 1. The largest absolute Gasteiger partial charge is 0.320 e. The van der Waals surface area contributed by atoms with Gasteiger partial charge in [-0.3, -0.25) is 4.79 Å². The number of nitrogens with zero attached hydrogens (tertiary/aromatic N) is 1. The number of carbonyl (C=O) groups is 1. The molecule has 1 aromatic carbocycles. The van der Waals surface area contributed by atoms with Crippen LogP contribution < -0.4 is 5.32 Å². The number of aromatic nitrogens is 1. The predicted molar refractivity (Wildman–Crippen MR) is 68.9 cm³/mol. The van der Waals surface area contributed by atoms with Crippen LogP contribution in [0.5, 0.6) is 0 Å². The number of hydrogen-bond donors (Lipinski definition) is 1. The number of anilines is 1. The van der Waals surface area contributed by atoms with Gasteiger partial charge in [0.2, 0.25) is 0 Å². The lowest BCUT2D eigenvalue weighted by molar-refractivity contribution is 0.102. The lowest BCUT2D eigenvalue weighted by atomic mass is 10.3. The lowest BCUT2D eigenvalue weighted by Gasteiger charge is -2.02. The first-order valence-electron chi connectivity index (χ1n) is 4.64. The maximum absolute atomic E-state index is 11.7. The zero-order valence-corrected chi connectivity index (χ0v) is 10.9. The van der Waals surface area contributed by atoms with Gasteiger partial charge in [0.05, 0.1) is 0 Å². The zero-order chi connectivity index (χ0) is 11.5. The van der Waals surface area contributed by atoms with Crippen LogP contribution in [0.3, 0.4) is 0 Å². The summed E-state index contributed by atoms with van der Waals surface area (Å²) in [6, 6.07) is 7.43. The summed E-state index contributed by atoms with van der Waals surface area (Å²) in [4.78, 5) is 15.9. The van der Waals surface area contributed by atoms with Gasteiger partial charge in [0, 0.05) is 21.2 Å². The lowest BCUT2D eigenvalue weighted by Crippen LogP contribution is -2.11. The Hall–Kier alpha value is -1.20.